The Balaban J connectivity index is 2.31. The minimum Gasteiger partial charge on any atom is -0.438 e. The second-order valence-electron chi connectivity index (χ2n) is 6.43. The smallest absolute Gasteiger partial charge is 0.269 e. The van der Waals surface area contributed by atoms with Crippen molar-refractivity contribution in [2.75, 3.05) is 0 Å². The summed E-state index contributed by atoms with van der Waals surface area (Å²) >= 11 is 0. The molecule has 0 radical (unpaired) electrons. The van der Waals surface area contributed by atoms with Crippen LogP contribution in [-0.2, 0) is 4.79 Å². The van der Waals surface area contributed by atoms with Gasteiger partial charge in [0.1, 0.15) is 28.6 Å². The first kappa shape index (κ1) is 18.9. The molecule has 0 aliphatic carbocycles. The molecule has 3 rings (SSSR count). The average molecular weight is 374 g/mol. The molecule has 0 atom stereocenters. The summed E-state index contributed by atoms with van der Waals surface area (Å²) in [5.74, 6) is -0.420. The number of nitrogens with two attached hydrogens (primary N) is 1. The Bertz CT molecular complexity index is 1230. The van der Waals surface area contributed by atoms with Crippen LogP contribution in [-0.4, -0.2) is 15.3 Å². The van der Waals surface area contributed by atoms with Gasteiger partial charge in [-0.25, -0.2) is 0 Å². The number of ether oxygens (including phenoxy) is 1. The molecule has 0 saturated heterocycles. The lowest BCUT2D eigenvalue weighted by Crippen LogP contribution is -2.20. The largest absolute Gasteiger partial charge is 0.438 e. The number of primary amides is 1. The van der Waals surface area contributed by atoms with E-state index in [1.807, 2.05) is 39.0 Å². The van der Waals surface area contributed by atoms with Gasteiger partial charge in [-0.15, -0.1) is 0 Å². The topological polar surface area (TPSA) is 110 Å². The van der Waals surface area contributed by atoms with E-state index in [-0.39, 0.29) is 17.0 Å². The van der Waals surface area contributed by atoms with Crippen molar-refractivity contribution in [3.05, 3.63) is 74.7 Å². The Morgan fingerprint density at radius 2 is 2.00 bits per heavy atom. The Labute approximate surface area is 161 Å². The van der Waals surface area contributed by atoms with Crippen molar-refractivity contribution in [1.82, 2.24) is 9.38 Å². The summed E-state index contributed by atoms with van der Waals surface area (Å²) in [6, 6.07) is 10.8. The van der Waals surface area contributed by atoms with Crippen LogP contribution in [0.25, 0.3) is 11.7 Å². The lowest BCUT2D eigenvalue weighted by molar-refractivity contribution is -0.114. The minimum absolute atomic E-state index is 0.000234. The van der Waals surface area contributed by atoms with Gasteiger partial charge in [-0.3, -0.25) is 14.0 Å². The molecular weight excluding hydrogens is 356 g/mol. The van der Waals surface area contributed by atoms with Gasteiger partial charge in [0, 0.05) is 6.20 Å². The van der Waals surface area contributed by atoms with Gasteiger partial charge >= 0.3 is 0 Å². The molecule has 0 saturated carbocycles. The number of carbonyl (C=O) groups is 1. The highest BCUT2D eigenvalue weighted by Gasteiger charge is 2.17. The zero-order chi connectivity index (χ0) is 20.4. The maximum Gasteiger partial charge on any atom is 0.269 e. The number of pyridine rings is 1. The molecule has 28 heavy (non-hydrogen) atoms. The van der Waals surface area contributed by atoms with Crippen molar-refractivity contribution in [2.24, 2.45) is 5.73 Å². The summed E-state index contributed by atoms with van der Waals surface area (Å²) in [6.07, 6.45) is 2.68. The number of fused-ring (bicyclic) bond motifs is 1. The van der Waals surface area contributed by atoms with Crippen LogP contribution >= 0.6 is 0 Å². The van der Waals surface area contributed by atoms with E-state index in [1.165, 1.54) is 4.40 Å². The van der Waals surface area contributed by atoms with Crippen LogP contribution in [0.2, 0.25) is 0 Å². The zero-order valence-corrected chi connectivity index (χ0v) is 15.7. The van der Waals surface area contributed by atoms with Crippen molar-refractivity contribution < 1.29 is 9.53 Å². The van der Waals surface area contributed by atoms with Crippen LogP contribution < -0.4 is 16.0 Å². The van der Waals surface area contributed by atoms with Crippen molar-refractivity contribution in [1.29, 1.82) is 5.26 Å². The van der Waals surface area contributed by atoms with Gasteiger partial charge in [0.25, 0.3) is 11.5 Å². The Morgan fingerprint density at radius 3 is 2.64 bits per heavy atom. The van der Waals surface area contributed by atoms with Crippen LogP contribution in [0.4, 0.5) is 0 Å². The predicted molar refractivity (Wildman–Crippen MR) is 105 cm³/mol. The van der Waals surface area contributed by atoms with Gasteiger partial charge in [0.15, 0.2) is 0 Å². The molecule has 2 N–H and O–H groups in total. The Hall–Kier alpha value is -3.92. The first-order chi connectivity index (χ1) is 13.3. The molecule has 0 spiro atoms. The Morgan fingerprint density at radius 1 is 1.25 bits per heavy atom. The fourth-order valence-electron chi connectivity index (χ4n) is 2.81. The van der Waals surface area contributed by atoms with Gasteiger partial charge in [0.2, 0.25) is 5.88 Å². The second-order valence-corrected chi connectivity index (χ2v) is 6.43. The lowest BCUT2D eigenvalue weighted by Gasteiger charge is -2.13. The summed E-state index contributed by atoms with van der Waals surface area (Å²) in [5.41, 5.74) is 7.48. The quantitative estimate of drug-likeness (QED) is 0.558. The van der Waals surface area contributed by atoms with Crippen LogP contribution in [0.15, 0.2) is 46.9 Å². The molecule has 140 valence electrons. The molecule has 0 unspecified atom stereocenters. The van der Waals surface area contributed by atoms with Crippen LogP contribution in [0.1, 0.15) is 22.3 Å². The van der Waals surface area contributed by atoms with Crippen molar-refractivity contribution >= 4 is 17.6 Å². The predicted octanol–water partition coefficient (Wildman–Crippen LogP) is 2.80. The van der Waals surface area contributed by atoms with Gasteiger partial charge in [-0.1, -0.05) is 23.8 Å². The van der Waals surface area contributed by atoms with Gasteiger partial charge in [-0.05, 0) is 50.1 Å². The number of nitriles is 1. The third-order valence-electron chi connectivity index (χ3n) is 4.26. The molecule has 0 fully saturated rings. The second kappa shape index (κ2) is 7.37. The maximum absolute atomic E-state index is 13.0. The van der Waals surface area contributed by atoms with Crippen LogP contribution in [0.5, 0.6) is 11.6 Å². The van der Waals surface area contributed by atoms with Gasteiger partial charge < -0.3 is 10.5 Å². The zero-order valence-electron chi connectivity index (χ0n) is 15.7. The number of hydrogen-bond acceptors (Lipinski definition) is 5. The number of nitrogens with zero attached hydrogens (tertiary/aromatic N) is 3. The third-order valence-corrected chi connectivity index (χ3v) is 4.26. The molecule has 1 aromatic carbocycles. The van der Waals surface area contributed by atoms with E-state index in [4.69, 9.17) is 10.5 Å². The fraction of sp³-hybridized carbons (Fsp3) is 0.143. The summed E-state index contributed by atoms with van der Waals surface area (Å²) in [5, 5.41) is 9.17. The lowest BCUT2D eigenvalue weighted by atomic mass is 10.1. The highest BCUT2D eigenvalue weighted by Crippen LogP contribution is 2.27. The van der Waals surface area contributed by atoms with E-state index in [0.29, 0.717) is 11.4 Å². The summed E-state index contributed by atoms with van der Waals surface area (Å²) in [7, 11) is 0. The van der Waals surface area contributed by atoms with E-state index in [9.17, 15) is 14.9 Å². The van der Waals surface area contributed by atoms with E-state index in [2.05, 4.69) is 4.98 Å². The number of rotatable bonds is 4. The standard InChI is InChI=1S/C21H18N4O3/c1-12-6-7-17(14(3)9-12)28-20-16(10-15(11-22)18(23)26)21(27)25-8-4-5-13(2)19(25)24-20/h4-10H,1-3H3,(H2,23,26). The first-order valence-corrected chi connectivity index (χ1v) is 8.50. The highest BCUT2D eigenvalue weighted by atomic mass is 16.5. The van der Waals surface area contributed by atoms with E-state index >= 15 is 0 Å². The SMILES string of the molecule is Cc1ccc(Oc2nc3c(C)cccn3c(=O)c2C=C(C#N)C(N)=O)c(C)c1. The molecule has 3 aromatic rings. The molecule has 0 aliphatic heterocycles. The average Bonchev–Trinajstić information content (AvgIpc) is 2.64. The molecule has 0 bridgehead atoms. The number of hydrogen-bond donors (Lipinski definition) is 1. The number of aryl methyl sites for hydroxylation is 3. The van der Waals surface area contributed by atoms with Crippen molar-refractivity contribution in [3.8, 4) is 17.7 Å². The van der Waals surface area contributed by atoms with Crippen molar-refractivity contribution in [2.45, 2.75) is 20.8 Å². The third kappa shape index (κ3) is 3.48. The van der Waals surface area contributed by atoms with E-state index < -0.39 is 11.5 Å². The first-order valence-electron chi connectivity index (χ1n) is 8.50. The number of amides is 1. The van der Waals surface area contributed by atoms with Gasteiger partial charge in [0.05, 0.1) is 0 Å². The summed E-state index contributed by atoms with van der Waals surface area (Å²) < 4.78 is 7.27. The van der Waals surface area contributed by atoms with Crippen LogP contribution in [0, 0.1) is 32.1 Å². The monoisotopic (exact) mass is 374 g/mol. The summed E-state index contributed by atoms with van der Waals surface area (Å²) in [4.78, 5) is 29.0. The van der Waals surface area contributed by atoms with Gasteiger partial charge in [-0.2, -0.15) is 10.2 Å². The maximum atomic E-state index is 13.0. The van der Waals surface area contributed by atoms with Crippen molar-refractivity contribution in [3.63, 3.8) is 0 Å². The molecule has 1 amide bonds. The normalized spacial score (nSPS) is 11.3. The number of benzene rings is 1. The molecule has 2 aromatic heterocycles. The van der Waals surface area contributed by atoms with Crippen LogP contribution in [0.3, 0.4) is 0 Å². The van der Waals surface area contributed by atoms with E-state index in [0.717, 1.165) is 22.8 Å². The molecule has 2 heterocycles. The Kier molecular flexibility index (Phi) is 4.96. The molecule has 7 heteroatoms. The number of aromatic nitrogens is 2. The van der Waals surface area contributed by atoms with E-state index in [1.54, 1.807) is 24.4 Å². The molecular formula is C21H18N4O3. The molecule has 7 nitrogen and oxygen atoms in total. The minimum atomic E-state index is -0.936. The summed E-state index contributed by atoms with van der Waals surface area (Å²) in [6.45, 7) is 5.66. The molecule has 0 aliphatic rings. The number of carbonyl (C=O) groups excluding carboxylic acids is 1. The highest BCUT2D eigenvalue weighted by molar-refractivity contribution is 6.00. The fourth-order valence-corrected chi connectivity index (χ4v) is 2.81.